The van der Waals surface area contributed by atoms with Crippen molar-refractivity contribution in [2.45, 2.75) is 155 Å². The smallest absolute Gasteiger partial charge is 0.286 e. The van der Waals surface area contributed by atoms with Crippen molar-refractivity contribution in [1.82, 2.24) is 0 Å². The highest BCUT2D eigenvalue weighted by Gasteiger charge is 2.44. The fraction of sp³-hybridized carbons (Fsp3) is 0.966. The molecule has 1 heterocycles. The van der Waals surface area contributed by atoms with E-state index < -0.39 is 5.97 Å². The van der Waals surface area contributed by atoms with Gasteiger partial charge in [-0.25, -0.2) is 0 Å². The molecule has 0 N–H and O–H groups in total. The van der Waals surface area contributed by atoms with E-state index in [1.807, 2.05) is 0 Å². The zero-order chi connectivity index (χ0) is 24.0. The summed E-state index contributed by atoms with van der Waals surface area (Å²) >= 11 is 0. The zero-order valence-corrected chi connectivity index (χ0v) is 22.5. The Kier molecular flexibility index (Phi) is 19.4. The summed E-state index contributed by atoms with van der Waals surface area (Å²) in [5.74, 6) is -0.818. The van der Waals surface area contributed by atoms with E-state index >= 15 is 0 Å². The standard InChI is InChI=1S/C29H56O4/c1-4-7-9-10-11-12-13-14-15-16-17-18-19-20-21-22-24-31-29(27(6-3)23-8-5-2)32-25-28(30)26-33-29/h27H,4-26H2,1-3H3. The molecule has 196 valence electrons. The van der Waals surface area contributed by atoms with Gasteiger partial charge >= 0.3 is 0 Å². The molecule has 4 nitrogen and oxygen atoms in total. The Morgan fingerprint density at radius 3 is 1.52 bits per heavy atom. The van der Waals surface area contributed by atoms with Crippen molar-refractivity contribution < 1.29 is 19.0 Å². The molecule has 4 heteroatoms. The molecule has 33 heavy (non-hydrogen) atoms. The highest BCUT2D eigenvalue weighted by atomic mass is 16.9. The summed E-state index contributed by atoms with van der Waals surface area (Å²) in [5.41, 5.74) is 0. The molecule has 0 aromatic carbocycles. The first-order valence-electron chi connectivity index (χ1n) is 14.6. The summed E-state index contributed by atoms with van der Waals surface area (Å²) in [5, 5.41) is 0. The van der Waals surface area contributed by atoms with Crippen LogP contribution in [0.15, 0.2) is 0 Å². The maximum atomic E-state index is 11.6. The second-order valence-corrected chi connectivity index (χ2v) is 10.1. The van der Waals surface area contributed by atoms with Gasteiger partial charge in [-0.15, -0.1) is 0 Å². The van der Waals surface area contributed by atoms with Crippen LogP contribution in [-0.2, 0) is 19.0 Å². The predicted octanol–water partition coefficient (Wildman–Crippen LogP) is 8.75. The molecular formula is C29H56O4. The molecule has 1 aliphatic rings. The lowest BCUT2D eigenvalue weighted by Crippen LogP contribution is -2.52. The number of unbranched alkanes of at least 4 members (excludes halogenated alkanes) is 16. The molecule has 0 aromatic heterocycles. The van der Waals surface area contributed by atoms with E-state index in [1.165, 1.54) is 96.3 Å². The zero-order valence-electron chi connectivity index (χ0n) is 22.5. The first-order chi connectivity index (χ1) is 16.2. The van der Waals surface area contributed by atoms with Crippen molar-refractivity contribution in [3.05, 3.63) is 0 Å². The summed E-state index contributed by atoms with van der Waals surface area (Å²) in [7, 11) is 0. The number of Topliss-reactive ketones (excluding diaryl/α,β-unsaturated/α-hetero) is 1. The Hall–Kier alpha value is -0.450. The third-order valence-corrected chi connectivity index (χ3v) is 7.07. The highest BCUT2D eigenvalue weighted by molar-refractivity contribution is 5.81. The Balaban J connectivity index is 2.02. The molecule has 0 amide bonds. The number of hydrogen-bond donors (Lipinski definition) is 0. The minimum Gasteiger partial charge on any atom is -0.327 e. The molecule has 1 aliphatic heterocycles. The lowest BCUT2D eigenvalue weighted by molar-refractivity contribution is -0.411. The third kappa shape index (κ3) is 14.5. The second kappa shape index (κ2) is 20.9. The van der Waals surface area contributed by atoms with Gasteiger partial charge in [0.25, 0.3) is 5.97 Å². The molecule has 1 fully saturated rings. The van der Waals surface area contributed by atoms with Crippen LogP contribution in [0.3, 0.4) is 0 Å². The van der Waals surface area contributed by atoms with E-state index in [0.717, 1.165) is 32.1 Å². The summed E-state index contributed by atoms with van der Waals surface area (Å²) in [6.07, 6.45) is 26.0. The largest absolute Gasteiger partial charge is 0.327 e. The first-order valence-corrected chi connectivity index (χ1v) is 14.6. The number of hydrogen-bond acceptors (Lipinski definition) is 4. The molecular weight excluding hydrogens is 412 g/mol. The van der Waals surface area contributed by atoms with E-state index in [4.69, 9.17) is 14.2 Å². The molecule has 0 aliphatic carbocycles. The quantitative estimate of drug-likeness (QED) is 0.141. The van der Waals surface area contributed by atoms with Gasteiger partial charge in [-0.2, -0.15) is 0 Å². The average Bonchev–Trinajstić information content (AvgIpc) is 2.83. The molecule has 1 unspecified atom stereocenters. The van der Waals surface area contributed by atoms with Crippen LogP contribution in [0.25, 0.3) is 0 Å². The topological polar surface area (TPSA) is 44.8 Å². The molecule has 0 bridgehead atoms. The minimum atomic E-state index is -1.01. The summed E-state index contributed by atoms with van der Waals surface area (Å²) < 4.78 is 17.9. The lowest BCUT2D eigenvalue weighted by atomic mass is 9.96. The van der Waals surface area contributed by atoms with Crippen molar-refractivity contribution in [3.63, 3.8) is 0 Å². The SMILES string of the molecule is CCCCCCCCCCCCCCCCCCOC1(C(CC)CCCC)OCC(=O)CO1. The van der Waals surface area contributed by atoms with Gasteiger partial charge in [-0.05, 0) is 19.3 Å². The van der Waals surface area contributed by atoms with Crippen molar-refractivity contribution >= 4 is 5.78 Å². The second-order valence-electron chi connectivity index (χ2n) is 10.1. The number of ketones is 1. The number of ether oxygens (including phenoxy) is 3. The molecule has 0 radical (unpaired) electrons. The van der Waals surface area contributed by atoms with Crippen molar-refractivity contribution in [2.24, 2.45) is 5.92 Å². The van der Waals surface area contributed by atoms with Gasteiger partial charge in [0.1, 0.15) is 13.2 Å². The van der Waals surface area contributed by atoms with E-state index in [1.54, 1.807) is 0 Å². The predicted molar refractivity (Wildman–Crippen MR) is 138 cm³/mol. The maximum absolute atomic E-state index is 11.6. The van der Waals surface area contributed by atoms with E-state index in [2.05, 4.69) is 20.8 Å². The number of rotatable bonds is 23. The van der Waals surface area contributed by atoms with Crippen LogP contribution in [0.5, 0.6) is 0 Å². The van der Waals surface area contributed by atoms with Crippen LogP contribution in [0.1, 0.15) is 149 Å². The molecule has 0 saturated carbocycles. The number of carbonyl (C=O) groups excluding carboxylic acids is 1. The van der Waals surface area contributed by atoms with Crippen LogP contribution < -0.4 is 0 Å². The molecule has 1 atom stereocenters. The normalized spacial score (nSPS) is 16.9. The van der Waals surface area contributed by atoms with Gasteiger partial charge in [0.2, 0.25) is 0 Å². The van der Waals surface area contributed by atoms with E-state index in [9.17, 15) is 4.79 Å². The molecule has 0 aromatic rings. The fourth-order valence-electron chi connectivity index (χ4n) is 4.83. The van der Waals surface area contributed by atoms with Crippen LogP contribution in [-0.4, -0.2) is 31.6 Å². The van der Waals surface area contributed by atoms with Crippen molar-refractivity contribution in [2.75, 3.05) is 19.8 Å². The average molecular weight is 469 g/mol. The van der Waals surface area contributed by atoms with Gasteiger partial charge in [-0.3, -0.25) is 4.79 Å². The van der Waals surface area contributed by atoms with Crippen LogP contribution in [0.2, 0.25) is 0 Å². The Bertz CT molecular complexity index is 441. The monoisotopic (exact) mass is 468 g/mol. The Morgan fingerprint density at radius 2 is 1.09 bits per heavy atom. The van der Waals surface area contributed by atoms with Gasteiger partial charge in [0.15, 0.2) is 5.78 Å². The fourth-order valence-corrected chi connectivity index (χ4v) is 4.83. The van der Waals surface area contributed by atoms with Gasteiger partial charge in [-0.1, -0.05) is 130 Å². The molecule has 1 saturated heterocycles. The van der Waals surface area contributed by atoms with Crippen LogP contribution >= 0.6 is 0 Å². The van der Waals surface area contributed by atoms with Crippen molar-refractivity contribution in [1.29, 1.82) is 0 Å². The van der Waals surface area contributed by atoms with Crippen LogP contribution in [0, 0.1) is 5.92 Å². The molecule has 1 rings (SSSR count). The summed E-state index contributed by atoms with van der Waals surface area (Å²) in [6.45, 7) is 7.51. The number of carbonyl (C=O) groups is 1. The molecule has 0 spiro atoms. The Morgan fingerprint density at radius 1 is 0.667 bits per heavy atom. The van der Waals surface area contributed by atoms with Crippen molar-refractivity contribution in [3.8, 4) is 0 Å². The first kappa shape index (κ1) is 30.6. The Labute approximate surface area is 205 Å². The van der Waals surface area contributed by atoms with Gasteiger partial charge in [0, 0.05) is 5.92 Å². The third-order valence-electron chi connectivity index (χ3n) is 7.07. The lowest BCUT2D eigenvalue weighted by Gasteiger charge is -2.41. The van der Waals surface area contributed by atoms with Gasteiger partial charge < -0.3 is 14.2 Å². The van der Waals surface area contributed by atoms with E-state index in [0.29, 0.717) is 6.61 Å². The van der Waals surface area contributed by atoms with Crippen LogP contribution in [0.4, 0.5) is 0 Å². The highest BCUT2D eigenvalue weighted by Crippen LogP contribution is 2.34. The summed E-state index contributed by atoms with van der Waals surface area (Å²) in [6, 6.07) is 0. The van der Waals surface area contributed by atoms with Gasteiger partial charge in [0.05, 0.1) is 6.61 Å². The summed E-state index contributed by atoms with van der Waals surface area (Å²) in [4.78, 5) is 11.6. The maximum Gasteiger partial charge on any atom is 0.286 e. The van der Waals surface area contributed by atoms with E-state index in [-0.39, 0.29) is 24.9 Å². The minimum absolute atomic E-state index is 0.00183.